The lowest BCUT2D eigenvalue weighted by atomic mass is 10.3. The second-order valence-corrected chi connectivity index (χ2v) is 2.38. The Bertz CT molecular complexity index is 92.4. The van der Waals surface area contributed by atoms with Gasteiger partial charge in [0.1, 0.15) is 6.61 Å². The van der Waals surface area contributed by atoms with Gasteiger partial charge in [0.05, 0.1) is 13.2 Å². The molecule has 0 fully saturated rings. The second kappa shape index (κ2) is 5.49. The van der Waals surface area contributed by atoms with Crippen LogP contribution < -0.4 is 0 Å². The number of aliphatic hydroxyl groups is 2. The van der Waals surface area contributed by atoms with Gasteiger partial charge >= 0.3 is 0 Å². The number of hydrogen-bond acceptors (Lipinski definition) is 4. The Morgan fingerprint density at radius 3 is 2.55 bits per heavy atom. The molecule has 4 nitrogen and oxygen atoms in total. The summed E-state index contributed by atoms with van der Waals surface area (Å²) < 4.78 is 9.80. The highest BCUT2D eigenvalue weighted by Crippen LogP contribution is 2.04. The van der Waals surface area contributed by atoms with Gasteiger partial charge in [0, 0.05) is 6.61 Å². The van der Waals surface area contributed by atoms with E-state index in [1.54, 1.807) is 6.92 Å². The fourth-order valence-corrected chi connectivity index (χ4v) is 0.679. The van der Waals surface area contributed by atoms with E-state index in [1.165, 1.54) is 6.92 Å². The van der Waals surface area contributed by atoms with Crippen LogP contribution in [0.4, 0.5) is 0 Å². The Balaban J connectivity index is 3.38. The van der Waals surface area contributed by atoms with Gasteiger partial charge < -0.3 is 19.7 Å². The van der Waals surface area contributed by atoms with Crippen LogP contribution in [0.3, 0.4) is 0 Å². The molecular formula is C7H16O4. The molecule has 0 rings (SSSR count). The van der Waals surface area contributed by atoms with E-state index in [2.05, 4.69) is 0 Å². The summed E-state index contributed by atoms with van der Waals surface area (Å²) in [5.41, 5.74) is 0. The molecule has 0 saturated carbocycles. The minimum atomic E-state index is -1.23. The van der Waals surface area contributed by atoms with E-state index < -0.39 is 5.79 Å². The van der Waals surface area contributed by atoms with Crippen molar-refractivity contribution in [2.75, 3.05) is 26.4 Å². The number of ether oxygens (including phenoxy) is 2. The predicted octanol–water partition coefficient (Wildman–Crippen LogP) is -0.260. The molecule has 0 bridgehead atoms. The van der Waals surface area contributed by atoms with E-state index in [-0.39, 0.29) is 19.8 Å². The smallest absolute Gasteiger partial charge is 0.186 e. The molecule has 0 aromatic heterocycles. The zero-order valence-electron chi connectivity index (χ0n) is 7.04. The van der Waals surface area contributed by atoms with Crippen LogP contribution in [0.1, 0.15) is 13.8 Å². The highest BCUT2D eigenvalue weighted by molar-refractivity contribution is 4.56. The first-order valence-corrected chi connectivity index (χ1v) is 3.67. The van der Waals surface area contributed by atoms with E-state index in [4.69, 9.17) is 14.6 Å². The van der Waals surface area contributed by atoms with Crippen LogP contribution >= 0.6 is 0 Å². The molecule has 0 amide bonds. The molecule has 0 radical (unpaired) electrons. The molecule has 11 heavy (non-hydrogen) atoms. The average molecular weight is 164 g/mol. The van der Waals surface area contributed by atoms with Gasteiger partial charge in [-0.05, 0) is 13.8 Å². The Kier molecular flexibility index (Phi) is 5.41. The first-order chi connectivity index (χ1) is 5.12. The lowest BCUT2D eigenvalue weighted by Crippen LogP contribution is -2.34. The van der Waals surface area contributed by atoms with Gasteiger partial charge in [-0.1, -0.05) is 0 Å². The van der Waals surface area contributed by atoms with Crippen molar-refractivity contribution in [2.45, 2.75) is 19.6 Å². The fourth-order valence-electron chi connectivity index (χ4n) is 0.679. The third-order valence-electron chi connectivity index (χ3n) is 1.06. The maximum Gasteiger partial charge on any atom is 0.186 e. The maximum absolute atomic E-state index is 9.31. The summed E-state index contributed by atoms with van der Waals surface area (Å²) in [6.45, 7) is 4.02. The van der Waals surface area contributed by atoms with Gasteiger partial charge in [-0.2, -0.15) is 0 Å². The molecule has 0 aliphatic heterocycles. The van der Waals surface area contributed by atoms with Crippen LogP contribution in [-0.4, -0.2) is 42.4 Å². The fraction of sp³-hybridized carbons (Fsp3) is 1.00. The van der Waals surface area contributed by atoms with Gasteiger partial charge in [-0.3, -0.25) is 0 Å². The van der Waals surface area contributed by atoms with E-state index in [0.29, 0.717) is 6.61 Å². The monoisotopic (exact) mass is 164 g/mol. The van der Waals surface area contributed by atoms with E-state index in [0.717, 1.165) is 0 Å². The van der Waals surface area contributed by atoms with Crippen LogP contribution in [0.5, 0.6) is 0 Å². The van der Waals surface area contributed by atoms with Crippen LogP contribution in [0.25, 0.3) is 0 Å². The molecule has 0 heterocycles. The van der Waals surface area contributed by atoms with Crippen molar-refractivity contribution in [3.05, 3.63) is 0 Å². The van der Waals surface area contributed by atoms with Crippen LogP contribution in [0, 0.1) is 0 Å². The van der Waals surface area contributed by atoms with E-state index in [1.807, 2.05) is 0 Å². The van der Waals surface area contributed by atoms with Crippen molar-refractivity contribution in [1.29, 1.82) is 0 Å². The molecule has 0 spiro atoms. The molecule has 1 unspecified atom stereocenters. The maximum atomic E-state index is 9.31. The second-order valence-electron chi connectivity index (χ2n) is 2.38. The molecule has 0 aliphatic rings. The first kappa shape index (κ1) is 10.8. The quantitative estimate of drug-likeness (QED) is 0.419. The van der Waals surface area contributed by atoms with E-state index >= 15 is 0 Å². The topological polar surface area (TPSA) is 58.9 Å². The lowest BCUT2D eigenvalue weighted by Gasteiger charge is -2.22. The zero-order valence-corrected chi connectivity index (χ0v) is 7.04. The van der Waals surface area contributed by atoms with Crippen molar-refractivity contribution in [3.63, 3.8) is 0 Å². The summed E-state index contributed by atoms with van der Waals surface area (Å²) in [5.74, 6) is -1.23. The predicted molar refractivity (Wildman–Crippen MR) is 40.2 cm³/mol. The minimum Gasteiger partial charge on any atom is -0.394 e. The van der Waals surface area contributed by atoms with Crippen molar-refractivity contribution in [2.24, 2.45) is 0 Å². The Morgan fingerprint density at radius 2 is 2.09 bits per heavy atom. The van der Waals surface area contributed by atoms with Crippen molar-refractivity contribution in [3.8, 4) is 0 Å². The minimum absolute atomic E-state index is 0.0395. The zero-order chi connectivity index (χ0) is 8.74. The van der Waals surface area contributed by atoms with Gasteiger partial charge in [0.25, 0.3) is 0 Å². The molecular weight excluding hydrogens is 148 g/mol. The molecule has 1 atom stereocenters. The number of rotatable bonds is 6. The summed E-state index contributed by atoms with van der Waals surface area (Å²) in [6.07, 6.45) is 0. The van der Waals surface area contributed by atoms with Crippen LogP contribution in [0.2, 0.25) is 0 Å². The summed E-state index contributed by atoms with van der Waals surface area (Å²) in [5, 5.41) is 17.7. The molecule has 0 saturated heterocycles. The van der Waals surface area contributed by atoms with Crippen LogP contribution in [0.15, 0.2) is 0 Å². The molecule has 0 aromatic rings. The number of hydrogen-bond donors (Lipinski definition) is 2. The SMILES string of the molecule is CCOC(C)(O)COCCO. The molecule has 2 N–H and O–H groups in total. The Labute approximate surface area is 66.7 Å². The normalized spacial score (nSPS) is 16.4. The Morgan fingerprint density at radius 1 is 1.45 bits per heavy atom. The van der Waals surface area contributed by atoms with Crippen molar-refractivity contribution >= 4 is 0 Å². The third-order valence-corrected chi connectivity index (χ3v) is 1.06. The van der Waals surface area contributed by atoms with Crippen molar-refractivity contribution < 1.29 is 19.7 Å². The Hall–Kier alpha value is -0.160. The summed E-state index contributed by atoms with van der Waals surface area (Å²) in [7, 11) is 0. The summed E-state index contributed by atoms with van der Waals surface area (Å²) >= 11 is 0. The molecule has 4 heteroatoms. The lowest BCUT2D eigenvalue weighted by molar-refractivity contribution is -0.218. The molecule has 0 aromatic carbocycles. The molecule has 68 valence electrons. The number of aliphatic hydroxyl groups excluding tert-OH is 1. The van der Waals surface area contributed by atoms with Gasteiger partial charge in [0.2, 0.25) is 0 Å². The van der Waals surface area contributed by atoms with E-state index in [9.17, 15) is 5.11 Å². The molecule has 0 aliphatic carbocycles. The van der Waals surface area contributed by atoms with Crippen LogP contribution in [-0.2, 0) is 9.47 Å². The summed E-state index contributed by atoms with van der Waals surface area (Å²) in [6, 6.07) is 0. The first-order valence-electron chi connectivity index (χ1n) is 3.67. The van der Waals surface area contributed by atoms with Crippen molar-refractivity contribution in [1.82, 2.24) is 0 Å². The van der Waals surface area contributed by atoms with Gasteiger partial charge in [0.15, 0.2) is 5.79 Å². The highest BCUT2D eigenvalue weighted by Gasteiger charge is 2.19. The average Bonchev–Trinajstić information content (AvgIpc) is 1.87. The van der Waals surface area contributed by atoms with Gasteiger partial charge in [-0.15, -0.1) is 0 Å². The summed E-state index contributed by atoms with van der Waals surface area (Å²) in [4.78, 5) is 0. The third kappa shape index (κ3) is 6.25. The standard InChI is InChI=1S/C7H16O4/c1-3-11-7(2,9)6-10-5-4-8/h8-9H,3-6H2,1-2H3. The van der Waals surface area contributed by atoms with Gasteiger partial charge in [-0.25, -0.2) is 0 Å². The largest absolute Gasteiger partial charge is 0.394 e. The highest BCUT2D eigenvalue weighted by atomic mass is 16.6.